The van der Waals surface area contributed by atoms with Crippen LogP contribution in [0.25, 0.3) is 0 Å². The summed E-state index contributed by atoms with van der Waals surface area (Å²) in [7, 11) is 0. The molecule has 0 radical (unpaired) electrons. The molecule has 1 amide bonds. The lowest BCUT2D eigenvalue weighted by Gasteiger charge is -2.22. The van der Waals surface area contributed by atoms with Gasteiger partial charge in [0.25, 0.3) is 0 Å². The van der Waals surface area contributed by atoms with Gasteiger partial charge in [0.1, 0.15) is 0 Å². The Morgan fingerprint density at radius 1 is 1.44 bits per heavy atom. The summed E-state index contributed by atoms with van der Waals surface area (Å²) in [6.07, 6.45) is 3.89. The van der Waals surface area contributed by atoms with Gasteiger partial charge in [-0.15, -0.1) is 0 Å². The highest BCUT2D eigenvalue weighted by molar-refractivity contribution is 5.76. The van der Waals surface area contributed by atoms with Crippen LogP contribution in [0.2, 0.25) is 0 Å². The average Bonchev–Trinajstić information content (AvgIpc) is 2.36. The van der Waals surface area contributed by atoms with Gasteiger partial charge in [-0.1, -0.05) is 0 Å². The lowest BCUT2D eigenvalue weighted by Crippen LogP contribution is -2.34. The van der Waals surface area contributed by atoms with E-state index in [1.165, 1.54) is 0 Å². The predicted octanol–water partition coefficient (Wildman–Crippen LogP) is 0.836. The molecule has 1 heterocycles. The summed E-state index contributed by atoms with van der Waals surface area (Å²) in [5.41, 5.74) is 0. The molecule has 0 bridgehead atoms. The highest BCUT2D eigenvalue weighted by atomic mass is 16.5. The van der Waals surface area contributed by atoms with E-state index < -0.39 is 0 Å². The molecule has 0 saturated carbocycles. The van der Waals surface area contributed by atoms with E-state index in [4.69, 9.17) is 4.74 Å². The van der Waals surface area contributed by atoms with E-state index in [0.29, 0.717) is 38.3 Å². The van der Waals surface area contributed by atoms with Crippen LogP contribution in [0.15, 0.2) is 0 Å². The fraction of sp³-hybridized carbons (Fsp3) is 0.846. The van der Waals surface area contributed by atoms with Gasteiger partial charge in [0.2, 0.25) is 5.91 Å². The molecular weight excluding hydrogens is 232 g/mol. The number of esters is 1. The molecule has 0 aliphatic carbocycles. The molecule has 1 aliphatic rings. The summed E-state index contributed by atoms with van der Waals surface area (Å²) in [4.78, 5) is 22.7. The fourth-order valence-electron chi connectivity index (χ4n) is 2.13. The maximum atomic E-state index is 11.6. The van der Waals surface area contributed by atoms with Gasteiger partial charge in [0.05, 0.1) is 6.61 Å². The molecule has 0 spiro atoms. The molecule has 5 heteroatoms. The molecule has 2 N–H and O–H groups in total. The smallest absolute Gasteiger partial charge is 0.305 e. The summed E-state index contributed by atoms with van der Waals surface area (Å²) in [5, 5.41) is 6.15. The summed E-state index contributed by atoms with van der Waals surface area (Å²) < 4.78 is 4.81. The van der Waals surface area contributed by atoms with Crippen LogP contribution in [-0.4, -0.2) is 38.1 Å². The van der Waals surface area contributed by atoms with Crippen molar-refractivity contribution in [3.63, 3.8) is 0 Å². The largest absolute Gasteiger partial charge is 0.466 e. The number of nitrogens with one attached hydrogen (secondary N) is 2. The zero-order valence-electron chi connectivity index (χ0n) is 11.2. The zero-order valence-corrected chi connectivity index (χ0v) is 11.2. The molecular formula is C13H24N2O3. The third kappa shape index (κ3) is 6.59. The van der Waals surface area contributed by atoms with Crippen molar-refractivity contribution >= 4 is 11.9 Å². The van der Waals surface area contributed by atoms with E-state index in [1.54, 1.807) is 6.92 Å². The molecule has 1 unspecified atom stereocenters. The molecule has 0 aromatic heterocycles. The maximum Gasteiger partial charge on any atom is 0.305 e. The highest BCUT2D eigenvalue weighted by Crippen LogP contribution is 2.13. The van der Waals surface area contributed by atoms with Crippen LogP contribution in [-0.2, 0) is 14.3 Å². The van der Waals surface area contributed by atoms with Crippen molar-refractivity contribution in [2.24, 2.45) is 5.92 Å². The van der Waals surface area contributed by atoms with Gasteiger partial charge in [0, 0.05) is 19.4 Å². The van der Waals surface area contributed by atoms with Crippen molar-refractivity contribution in [1.29, 1.82) is 0 Å². The Labute approximate surface area is 109 Å². The minimum Gasteiger partial charge on any atom is -0.466 e. The number of amides is 1. The molecule has 1 fully saturated rings. The van der Waals surface area contributed by atoms with Crippen molar-refractivity contribution < 1.29 is 14.3 Å². The van der Waals surface area contributed by atoms with Gasteiger partial charge in [-0.3, -0.25) is 9.59 Å². The summed E-state index contributed by atoms with van der Waals surface area (Å²) in [5.74, 6) is 0.361. The first-order chi connectivity index (χ1) is 8.72. The van der Waals surface area contributed by atoms with Crippen LogP contribution in [0.4, 0.5) is 0 Å². The Morgan fingerprint density at radius 2 is 2.28 bits per heavy atom. The fourth-order valence-corrected chi connectivity index (χ4v) is 2.13. The first-order valence-corrected chi connectivity index (χ1v) is 6.85. The quantitative estimate of drug-likeness (QED) is 0.523. The van der Waals surface area contributed by atoms with Crippen LogP contribution >= 0.6 is 0 Å². The van der Waals surface area contributed by atoms with Gasteiger partial charge in [0.15, 0.2) is 0 Å². The Bertz CT molecular complexity index is 263. The number of hydrogen-bond acceptors (Lipinski definition) is 4. The van der Waals surface area contributed by atoms with Crippen LogP contribution < -0.4 is 10.6 Å². The minimum atomic E-state index is -0.191. The van der Waals surface area contributed by atoms with Crippen molar-refractivity contribution in [2.45, 2.75) is 39.0 Å². The lowest BCUT2D eigenvalue weighted by atomic mass is 9.96. The normalized spacial score (nSPS) is 19.3. The molecule has 18 heavy (non-hydrogen) atoms. The van der Waals surface area contributed by atoms with Gasteiger partial charge in [-0.05, 0) is 45.2 Å². The van der Waals surface area contributed by atoms with Crippen molar-refractivity contribution in [3.8, 4) is 0 Å². The predicted molar refractivity (Wildman–Crippen MR) is 69.1 cm³/mol. The number of carbonyl (C=O) groups excluding carboxylic acids is 2. The van der Waals surface area contributed by atoms with E-state index >= 15 is 0 Å². The third-order valence-corrected chi connectivity index (χ3v) is 3.06. The van der Waals surface area contributed by atoms with E-state index in [2.05, 4.69) is 10.6 Å². The summed E-state index contributed by atoms with van der Waals surface area (Å²) >= 11 is 0. The summed E-state index contributed by atoms with van der Waals surface area (Å²) in [6.45, 7) is 4.77. The van der Waals surface area contributed by atoms with Crippen LogP contribution in [0.1, 0.15) is 39.0 Å². The molecule has 1 atom stereocenters. The first-order valence-electron chi connectivity index (χ1n) is 6.85. The van der Waals surface area contributed by atoms with E-state index in [-0.39, 0.29) is 11.9 Å². The molecule has 1 rings (SSSR count). The second-order valence-corrected chi connectivity index (χ2v) is 4.68. The van der Waals surface area contributed by atoms with Gasteiger partial charge in [-0.25, -0.2) is 0 Å². The van der Waals surface area contributed by atoms with Crippen molar-refractivity contribution in [1.82, 2.24) is 10.6 Å². The second-order valence-electron chi connectivity index (χ2n) is 4.68. The Hall–Kier alpha value is -1.10. The second kappa shape index (κ2) is 8.91. The first kappa shape index (κ1) is 15.0. The van der Waals surface area contributed by atoms with Gasteiger partial charge >= 0.3 is 5.97 Å². The van der Waals surface area contributed by atoms with E-state index in [9.17, 15) is 9.59 Å². The van der Waals surface area contributed by atoms with Gasteiger partial charge < -0.3 is 15.4 Å². The monoisotopic (exact) mass is 256 g/mol. The molecule has 104 valence electrons. The maximum absolute atomic E-state index is 11.6. The Morgan fingerprint density at radius 3 is 2.94 bits per heavy atom. The molecule has 1 aliphatic heterocycles. The zero-order chi connectivity index (χ0) is 13.2. The van der Waals surface area contributed by atoms with E-state index in [1.807, 2.05) is 0 Å². The average molecular weight is 256 g/mol. The SMILES string of the molecule is CCOC(=O)CCCNC(=O)CC1CCCNC1. The van der Waals surface area contributed by atoms with Crippen molar-refractivity contribution in [2.75, 3.05) is 26.2 Å². The molecule has 0 aromatic carbocycles. The van der Waals surface area contributed by atoms with Crippen LogP contribution in [0.3, 0.4) is 0 Å². The van der Waals surface area contributed by atoms with Crippen molar-refractivity contribution in [3.05, 3.63) is 0 Å². The van der Waals surface area contributed by atoms with E-state index in [0.717, 1.165) is 25.9 Å². The number of hydrogen-bond donors (Lipinski definition) is 2. The number of piperidine rings is 1. The number of ether oxygens (including phenoxy) is 1. The molecule has 1 saturated heterocycles. The van der Waals surface area contributed by atoms with Gasteiger partial charge in [-0.2, -0.15) is 0 Å². The minimum absolute atomic E-state index is 0.0903. The standard InChI is InChI=1S/C13H24N2O3/c1-2-18-13(17)6-4-8-15-12(16)9-11-5-3-7-14-10-11/h11,14H,2-10H2,1H3,(H,15,16). The Kier molecular flexibility index (Phi) is 7.41. The third-order valence-electron chi connectivity index (χ3n) is 3.06. The summed E-state index contributed by atoms with van der Waals surface area (Å²) in [6, 6.07) is 0. The Balaban J connectivity index is 2.01. The lowest BCUT2D eigenvalue weighted by molar-refractivity contribution is -0.143. The van der Waals surface area contributed by atoms with Crippen LogP contribution in [0, 0.1) is 5.92 Å². The van der Waals surface area contributed by atoms with Crippen LogP contribution in [0.5, 0.6) is 0 Å². The molecule has 5 nitrogen and oxygen atoms in total. The number of rotatable bonds is 7. The number of carbonyl (C=O) groups is 2. The topological polar surface area (TPSA) is 67.4 Å². The highest BCUT2D eigenvalue weighted by Gasteiger charge is 2.16. The molecule has 0 aromatic rings.